The molecule has 0 unspecified atom stereocenters. The Morgan fingerprint density at radius 2 is 2.06 bits per heavy atom. The van der Waals surface area contributed by atoms with Crippen LogP contribution in [0.4, 0.5) is 14.9 Å². The first-order valence-electron chi connectivity index (χ1n) is 10.4. The van der Waals surface area contributed by atoms with Crippen LogP contribution in [-0.4, -0.2) is 20.3 Å². The molecule has 2 heterocycles. The molecular formula is C21H25FN4O3S2. The second-order valence-electron chi connectivity index (χ2n) is 9.26. The standard InChI is InChI=1S/C21H25FN4O3S2/c1-20(2,28)18-13(22)10-15(30-18)31(23,29)26-19(27)25-16-11-4-3-5-14(11)24-17-12(16)6-7-21(17)8-9-21/h10,28H,3-9H2,1-2H3,(H3,23,24,25,26,27,29)/t31-/m0/s1. The van der Waals surface area contributed by atoms with Gasteiger partial charge in [-0.15, -0.1) is 15.7 Å². The number of anilines is 1. The largest absolute Gasteiger partial charge is 0.385 e. The number of nitrogens with one attached hydrogen (secondary N) is 1. The molecule has 0 saturated heterocycles. The monoisotopic (exact) mass is 464 g/mol. The minimum Gasteiger partial charge on any atom is -0.385 e. The van der Waals surface area contributed by atoms with Gasteiger partial charge in [-0.1, -0.05) is 0 Å². The number of rotatable bonds is 3. The Labute approximate surface area is 184 Å². The van der Waals surface area contributed by atoms with Crippen molar-refractivity contribution in [3.63, 3.8) is 0 Å². The van der Waals surface area contributed by atoms with Gasteiger partial charge in [-0.3, -0.25) is 4.98 Å². The van der Waals surface area contributed by atoms with Crippen LogP contribution in [0.25, 0.3) is 0 Å². The van der Waals surface area contributed by atoms with E-state index in [4.69, 9.17) is 10.1 Å². The molecule has 1 fully saturated rings. The summed E-state index contributed by atoms with van der Waals surface area (Å²) in [6, 6.07) is 0.167. The highest BCUT2D eigenvalue weighted by molar-refractivity contribution is 7.93. The van der Waals surface area contributed by atoms with Crippen molar-refractivity contribution in [3.05, 3.63) is 39.3 Å². The minimum absolute atomic E-state index is 0.00390. The van der Waals surface area contributed by atoms with E-state index in [0.717, 1.165) is 90.6 Å². The Bertz CT molecular complexity index is 1230. The van der Waals surface area contributed by atoms with Gasteiger partial charge in [-0.2, -0.15) is 0 Å². The molecule has 1 spiro atoms. The van der Waals surface area contributed by atoms with E-state index in [2.05, 4.69) is 9.68 Å². The lowest BCUT2D eigenvalue weighted by molar-refractivity contribution is 0.0789. The SMILES string of the molecule is CC(C)(O)c1sc([S@@](N)(=O)=NC(=O)Nc2c3c(nc4c2CCC42CC2)CCC3)cc1F. The summed E-state index contributed by atoms with van der Waals surface area (Å²) in [5.41, 5.74) is 3.71. The van der Waals surface area contributed by atoms with Crippen molar-refractivity contribution < 1.29 is 18.5 Å². The molecule has 0 aromatic carbocycles. The van der Waals surface area contributed by atoms with Crippen molar-refractivity contribution in [2.75, 3.05) is 5.32 Å². The lowest BCUT2D eigenvalue weighted by Gasteiger charge is -2.16. The molecule has 10 heteroatoms. The van der Waals surface area contributed by atoms with Gasteiger partial charge < -0.3 is 10.4 Å². The minimum atomic E-state index is -3.67. The van der Waals surface area contributed by atoms with Crippen LogP contribution in [0, 0.1) is 5.82 Å². The number of halogens is 1. The first-order valence-corrected chi connectivity index (χ1v) is 12.8. The number of nitrogens with two attached hydrogens (primary N) is 1. The fourth-order valence-corrected chi connectivity index (χ4v) is 7.05. The molecule has 3 aliphatic rings. The number of fused-ring (bicyclic) bond motifs is 3. The zero-order chi connectivity index (χ0) is 22.2. The van der Waals surface area contributed by atoms with Gasteiger partial charge in [-0.05, 0) is 69.9 Å². The quantitative estimate of drug-likeness (QED) is 0.638. The summed E-state index contributed by atoms with van der Waals surface area (Å²) in [6.07, 6.45) is 6.87. The van der Waals surface area contributed by atoms with Crippen molar-refractivity contribution >= 4 is 33.0 Å². The zero-order valence-corrected chi connectivity index (χ0v) is 19.1. The fraction of sp³-hybridized carbons (Fsp3) is 0.524. The van der Waals surface area contributed by atoms with E-state index in [1.54, 1.807) is 0 Å². The van der Waals surface area contributed by atoms with Crippen molar-refractivity contribution in [3.8, 4) is 0 Å². The number of pyridine rings is 1. The normalized spacial score (nSPS) is 20.3. The van der Waals surface area contributed by atoms with Gasteiger partial charge in [-0.25, -0.2) is 18.5 Å². The Balaban J connectivity index is 1.49. The summed E-state index contributed by atoms with van der Waals surface area (Å²) in [4.78, 5) is 17.7. The molecule has 31 heavy (non-hydrogen) atoms. The Hall–Kier alpha value is -1.88. The van der Waals surface area contributed by atoms with Crippen molar-refractivity contribution in [2.45, 2.75) is 74.0 Å². The van der Waals surface area contributed by atoms with E-state index in [-0.39, 0.29) is 14.5 Å². The van der Waals surface area contributed by atoms with E-state index >= 15 is 0 Å². The van der Waals surface area contributed by atoms with Crippen LogP contribution in [0.1, 0.15) is 66.9 Å². The summed E-state index contributed by atoms with van der Waals surface area (Å²) in [7, 11) is -3.67. The third-order valence-corrected chi connectivity index (χ3v) is 9.81. The summed E-state index contributed by atoms with van der Waals surface area (Å²) >= 11 is 0.761. The maximum atomic E-state index is 14.2. The first kappa shape index (κ1) is 21.0. The van der Waals surface area contributed by atoms with Crippen LogP contribution in [0.15, 0.2) is 14.6 Å². The third-order valence-electron chi connectivity index (χ3n) is 6.49. The molecule has 2 amide bonds. The van der Waals surface area contributed by atoms with Gasteiger partial charge in [0.15, 0.2) is 9.92 Å². The molecular weight excluding hydrogens is 439 g/mol. The first-order chi connectivity index (χ1) is 14.5. The lowest BCUT2D eigenvalue weighted by atomic mass is 10.0. The second-order valence-corrected chi connectivity index (χ2v) is 12.3. The summed E-state index contributed by atoms with van der Waals surface area (Å²) < 4.78 is 30.8. The number of amides is 2. The maximum absolute atomic E-state index is 14.2. The van der Waals surface area contributed by atoms with Gasteiger partial charge in [0, 0.05) is 17.2 Å². The number of carbonyl (C=O) groups is 1. The molecule has 1 atom stereocenters. The zero-order valence-electron chi connectivity index (χ0n) is 17.5. The number of aromatic nitrogens is 1. The number of thiophene rings is 1. The number of hydrogen-bond acceptors (Lipinski definition) is 5. The van der Waals surface area contributed by atoms with Gasteiger partial charge in [0.05, 0.1) is 21.9 Å². The fourth-order valence-electron chi connectivity index (χ4n) is 4.78. The van der Waals surface area contributed by atoms with Crippen LogP contribution in [0.5, 0.6) is 0 Å². The molecule has 0 radical (unpaired) electrons. The van der Waals surface area contributed by atoms with Crippen molar-refractivity contribution in [2.24, 2.45) is 9.50 Å². The van der Waals surface area contributed by atoms with Crippen LogP contribution in [0.2, 0.25) is 0 Å². The Kier molecular flexibility index (Phi) is 4.61. The third kappa shape index (κ3) is 3.49. The Morgan fingerprint density at radius 1 is 1.32 bits per heavy atom. The molecule has 7 nitrogen and oxygen atoms in total. The van der Waals surface area contributed by atoms with E-state index in [1.165, 1.54) is 13.8 Å². The highest BCUT2D eigenvalue weighted by Crippen LogP contribution is 2.58. The summed E-state index contributed by atoms with van der Waals surface area (Å²) in [5.74, 6) is -0.721. The molecule has 3 aliphatic carbocycles. The van der Waals surface area contributed by atoms with Gasteiger partial charge in [0.2, 0.25) is 0 Å². The molecule has 2 aromatic rings. The predicted octanol–water partition coefficient (Wildman–Crippen LogP) is 3.91. The number of aliphatic hydroxyl groups is 1. The lowest BCUT2D eigenvalue weighted by Crippen LogP contribution is -2.19. The summed E-state index contributed by atoms with van der Waals surface area (Å²) in [6.45, 7) is 2.84. The highest BCUT2D eigenvalue weighted by atomic mass is 32.2. The number of urea groups is 1. The molecule has 1 saturated carbocycles. The van der Waals surface area contributed by atoms with Crippen LogP contribution < -0.4 is 10.5 Å². The average Bonchev–Trinajstić information content (AvgIpc) is 3.00. The smallest absolute Gasteiger partial charge is 0.354 e. The maximum Gasteiger partial charge on any atom is 0.354 e. The van der Waals surface area contributed by atoms with Gasteiger partial charge >= 0.3 is 6.03 Å². The van der Waals surface area contributed by atoms with Crippen molar-refractivity contribution in [1.82, 2.24) is 4.98 Å². The molecule has 5 rings (SSSR count). The van der Waals surface area contributed by atoms with Gasteiger partial charge in [0.1, 0.15) is 10.0 Å². The molecule has 0 aliphatic heterocycles. The van der Waals surface area contributed by atoms with E-state index < -0.39 is 27.4 Å². The number of carbonyl (C=O) groups excluding carboxylic acids is 1. The predicted molar refractivity (Wildman–Crippen MR) is 117 cm³/mol. The average molecular weight is 465 g/mol. The van der Waals surface area contributed by atoms with E-state index in [0.29, 0.717) is 0 Å². The van der Waals surface area contributed by atoms with Crippen molar-refractivity contribution in [1.29, 1.82) is 0 Å². The molecule has 2 aromatic heterocycles. The van der Waals surface area contributed by atoms with Crippen LogP contribution in [-0.2, 0) is 40.2 Å². The molecule has 0 bridgehead atoms. The van der Waals surface area contributed by atoms with Gasteiger partial charge in [0.25, 0.3) is 0 Å². The number of nitrogens with zero attached hydrogens (tertiary/aromatic N) is 2. The summed E-state index contributed by atoms with van der Waals surface area (Å²) in [5, 5.41) is 18.8. The molecule has 4 N–H and O–H groups in total. The number of hydrogen-bond donors (Lipinski definition) is 3. The van der Waals surface area contributed by atoms with Crippen LogP contribution in [0.3, 0.4) is 0 Å². The topological polar surface area (TPSA) is 118 Å². The van der Waals surface area contributed by atoms with E-state index in [1.807, 2.05) is 0 Å². The Morgan fingerprint density at radius 3 is 2.71 bits per heavy atom. The van der Waals surface area contributed by atoms with E-state index in [9.17, 15) is 18.5 Å². The molecule has 166 valence electrons. The number of aryl methyl sites for hydroxylation is 1. The second kappa shape index (κ2) is 6.81. The van der Waals surface area contributed by atoms with Crippen LogP contribution >= 0.6 is 11.3 Å². The highest BCUT2D eigenvalue weighted by Gasteiger charge is 2.51.